The quantitative estimate of drug-likeness (QED) is 0.853. The van der Waals surface area contributed by atoms with Crippen LogP contribution in [0.3, 0.4) is 0 Å². The third-order valence-corrected chi connectivity index (χ3v) is 4.45. The van der Waals surface area contributed by atoms with Gasteiger partial charge in [0.1, 0.15) is 6.04 Å². The molecule has 1 atom stereocenters. The molecule has 1 unspecified atom stereocenters. The Morgan fingerprint density at radius 1 is 1.44 bits per heavy atom. The highest BCUT2D eigenvalue weighted by Gasteiger charge is 2.44. The summed E-state index contributed by atoms with van der Waals surface area (Å²) in [5, 5.41) is 9.75. The summed E-state index contributed by atoms with van der Waals surface area (Å²) in [5.74, 6) is -0.561. The van der Waals surface area contributed by atoms with Crippen molar-refractivity contribution in [1.82, 2.24) is 4.90 Å². The van der Waals surface area contributed by atoms with Gasteiger partial charge in [-0.2, -0.15) is 0 Å². The van der Waals surface area contributed by atoms with Crippen molar-refractivity contribution in [3.05, 3.63) is 0 Å². The second-order valence-corrected chi connectivity index (χ2v) is 7.34. The second kappa shape index (κ2) is 5.95. The first kappa shape index (κ1) is 15.3. The number of carboxylic acid groups (broad SMARTS) is 1. The fraction of sp³-hybridized carbons (Fsp3) is 0.846. The van der Waals surface area contributed by atoms with Crippen LogP contribution >= 0.6 is 11.8 Å². The van der Waals surface area contributed by atoms with E-state index in [-0.39, 0.29) is 11.3 Å². The van der Waals surface area contributed by atoms with Crippen LogP contribution in [0, 0.1) is 5.41 Å². The van der Waals surface area contributed by atoms with Gasteiger partial charge in [-0.15, -0.1) is 11.8 Å². The van der Waals surface area contributed by atoms with Gasteiger partial charge in [0.25, 0.3) is 0 Å². The molecule has 1 saturated heterocycles. The van der Waals surface area contributed by atoms with Crippen LogP contribution in [-0.4, -0.2) is 45.5 Å². The third kappa shape index (κ3) is 3.64. The van der Waals surface area contributed by atoms with Crippen LogP contribution in [0.15, 0.2) is 0 Å². The number of amides is 1. The van der Waals surface area contributed by atoms with E-state index in [1.165, 1.54) is 0 Å². The topological polar surface area (TPSA) is 57.6 Å². The minimum absolute atomic E-state index is 0.0473. The van der Waals surface area contributed by atoms with E-state index in [9.17, 15) is 14.7 Å². The average Bonchev–Trinajstić information content (AvgIpc) is 2.23. The third-order valence-electron chi connectivity index (χ3n) is 3.37. The monoisotopic (exact) mass is 273 g/mol. The number of carbonyl (C=O) groups is 2. The number of thioether (sulfide) groups is 1. The molecule has 4 nitrogen and oxygen atoms in total. The number of hydrogen-bond acceptors (Lipinski definition) is 3. The molecular formula is C13H23NO3S. The van der Waals surface area contributed by atoms with Gasteiger partial charge in [-0.25, -0.2) is 4.79 Å². The van der Waals surface area contributed by atoms with Crippen LogP contribution in [0.4, 0.5) is 0 Å². The highest BCUT2D eigenvalue weighted by atomic mass is 32.2. The highest BCUT2D eigenvalue weighted by molar-refractivity contribution is 8.00. The lowest BCUT2D eigenvalue weighted by Gasteiger charge is -2.44. The van der Waals surface area contributed by atoms with E-state index in [1.807, 2.05) is 27.7 Å². The van der Waals surface area contributed by atoms with Gasteiger partial charge in [-0.3, -0.25) is 4.79 Å². The Morgan fingerprint density at radius 3 is 2.56 bits per heavy atom. The lowest BCUT2D eigenvalue weighted by molar-refractivity contribution is -0.157. The number of likely N-dealkylation sites (tertiary alicyclic amines) is 1. The maximum atomic E-state index is 12.1. The van der Waals surface area contributed by atoms with Crippen molar-refractivity contribution < 1.29 is 14.7 Å². The van der Waals surface area contributed by atoms with Gasteiger partial charge >= 0.3 is 5.97 Å². The zero-order valence-corrected chi connectivity index (χ0v) is 12.4. The zero-order chi connectivity index (χ0) is 13.9. The van der Waals surface area contributed by atoms with Gasteiger partial charge in [0.05, 0.1) is 5.75 Å². The van der Waals surface area contributed by atoms with Crippen molar-refractivity contribution in [2.45, 2.75) is 51.8 Å². The van der Waals surface area contributed by atoms with Gasteiger partial charge in [-0.1, -0.05) is 27.7 Å². The van der Waals surface area contributed by atoms with Gasteiger partial charge in [0.2, 0.25) is 5.91 Å². The molecule has 1 N–H and O–H groups in total. The van der Waals surface area contributed by atoms with E-state index in [2.05, 4.69) is 0 Å². The number of hydrogen-bond donors (Lipinski definition) is 1. The Hall–Kier alpha value is -0.710. The average molecular weight is 273 g/mol. The molecule has 1 fully saturated rings. The molecular weight excluding hydrogens is 250 g/mol. The van der Waals surface area contributed by atoms with E-state index in [4.69, 9.17) is 0 Å². The minimum atomic E-state index is -0.886. The van der Waals surface area contributed by atoms with E-state index < -0.39 is 12.0 Å². The molecule has 0 aromatic carbocycles. The molecule has 0 saturated carbocycles. The van der Waals surface area contributed by atoms with Crippen LogP contribution in [0.25, 0.3) is 0 Å². The number of carboxylic acids is 1. The SMILES string of the molecule is CC(C)SCC(=O)N1CCCC(C)(C)C1C(=O)O. The molecule has 0 radical (unpaired) electrons. The number of carbonyl (C=O) groups excluding carboxylic acids is 1. The normalized spacial score (nSPS) is 23.2. The Kier molecular flexibility index (Phi) is 5.08. The first-order valence-corrected chi connectivity index (χ1v) is 7.44. The Morgan fingerprint density at radius 2 is 2.06 bits per heavy atom. The number of rotatable bonds is 4. The van der Waals surface area contributed by atoms with Crippen LogP contribution < -0.4 is 0 Å². The maximum absolute atomic E-state index is 12.1. The van der Waals surface area contributed by atoms with Gasteiger partial charge in [0, 0.05) is 6.54 Å². The predicted molar refractivity (Wildman–Crippen MR) is 73.7 cm³/mol. The lowest BCUT2D eigenvalue weighted by Crippen LogP contribution is -2.56. The molecule has 0 bridgehead atoms. The van der Waals surface area contributed by atoms with Gasteiger partial charge in [-0.05, 0) is 23.5 Å². The molecule has 1 heterocycles. The van der Waals surface area contributed by atoms with Gasteiger partial charge in [0.15, 0.2) is 0 Å². The fourth-order valence-electron chi connectivity index (χ4n) is 2.45. The van der Waals surface area contributed by atoms with Crippen molar-refractivity contribution in [2.75, 3.05) is 12.3 Å². The predicted octanol–water partition coefficient (Wildman–Crippen LogP) is 2.23. The van der Waals surface area contributed by atoms with Crippen molar-refractivity contribution in [1.29, 1.82) is 0 Å². The van der Waals surface area contributed by atoms with Crippen molar-refractivity contribution >= 4 is 23.6 Å². The molecule has 0 aromatic rings. The maximum Gasteiger partial charge on any atom is 0.326 e. The number of aliphatic carboxylic acids is 1. The Labute approximate surface area is 113 Å². The highest BCUT2D eigenvalue weighted by Crippen LogP contribution is 2.35. The van der Waals surface area contributed by atoms with Crippen molar-refractivity contribution in [3.63, 3.8) is 0 Å². The minimum Gasteiger partial charge on any atom is -0.480 e. The molecule has 0 aliphatic carbocycles. The van der Waals surface area contributed by atoms with Crippen LogP contribution in [0.2, 0.25) is 0 Å². The summed E-state index contributed by atoms with van der Waals surface area (Å²) < 4.78 is 0. The molecule has 1 amide bonds. The number of nitrogens with zero attached hydrogens (tertiary/aromatic N) is 1. The molecule has 18 heavy (non-hydrogen) atoms. The molecule has 1 aliphatic heterocycles. The van der Waals surface area contributed by atoms with E-state index in [0.717, 1.165) is 12.8 Å². The first-order chi connectivity index (χ1) is 8.25. The summed E-state index contributed by atoms with van der Waals surface area (Å²) in [6.07, 6.45) is 1.74. The van der Waals surface area contributed by atoms with Crippen molar-refractivity contribution in [3.8, 4) is 0 Å². The number of piperidine rings is 1. The molecule has 1 rings (SSSR count). The van der Waals surface area contributed by atoms with Gasteiger partial charge < -0.3 is 10.0 Å². The molecule has 5 heteroatoms. The van der Waals surface area contributed by atoms with Crippen LogP contribution in [0.5, 0.6) is 0 Å². The summed E-state index contributed by atoms with van der Waals surface area (Å²) in [6, 6.07) is -0.688. The Bertz CT molecular complexity index is 328. The van der Waals surface area contributed by atoms with Crippen LogP contribution in [0.1, 0.15) is 40.5 Å². The largest absolute Gasteiger partial charge is 0.480 e. The first-order valence-electron chi connectivity index (χ1n) is 6.39. The summed E-state index contributed by atoms with van der Waals surface area (Å²) in [6.45, 7) is 8.50. The van der Waals surface area contributed by atoms with Crippen molar-refractivity contribution in [2.24, 2.45) is 5.41 Å². The van der Waals surface area contributed by atoms with E-state index in [1.54, 1.807) is 16.7 Å². The molecule has 0 spiro atoms. The standard InChI is InChI=1S/C13H23NO3S/c1-9(2)18-8-10(15)14-7-5-6-13(3,4)11(14)12(16)17/h9,11H,5-8H2,1-4H3,(H,16,17). The summed E-state index contributed by atoms with van der Waals surface area (Å²) in [5.41, 5.74) is -0.345. The van der Waals surface area contributed by atoms with Crippen LogP contribution in [-0.2, 0) is 9.59 Å². The summed E-state index contributed by atoms with van der Waals surface area (Å²) >= 11 is 1.56. The molecule has 104 valence electrons. The fourth-order valence-corrected chi connectivity index (χ4v) is 3.09. The molecule has 1 aliphatic rings. The van der Waals surface area contributed by atoms with E-state index in [0.29, 0.717) is 17.5 Å². The summed E-state index contributed by atoms with van der Waals surface area (Å²) in [7, 11) is 0. The zero-order valence-electron chi connectivity index (χ0n) is 11.6. The second-order valence-electron chi connectivity index (χ2n) is 5.78. The summed E-state index contributed by atoms with van der Waals surface area (Å²) in [4.78, 5) is 25.1. The Balaban J connectivity index is 2.78. The smallest absolute Gasteiger partial charge is 0.326 e. The molecule has 0 aromatic heterocycles. The lowest BCUT2D eigenvalue weighted by atomic mass is 9.76. The van der Waals surface area contributed by atoms with E-state index >= 15 is 0 Å².